The molecule has 0 aliphatic heterocycles. The highest BCUT2D eigenvalue weighted by Crippen LogP contribution is 2.21. The second kappa shape index (κ2) is 6.70. The van der Waals surface area contributed by atoms with Crippen LogP contribution in [-0.2, 0) is 9.53 Å². The normalized spacial score (nSPS) is 11.7. The summed E-state index contributed by atoms with van der Waals surface area (Å²) in [5, 5.41) is 3.07. The van der Waals surface area contributed by atoms with Gasteiger partial charge in [0.05, 0.1) is 6.61 Å². The van der Waals surface area contributed by atoms with Crippen molar-refractivity contribution in [2.75, 3.05) is 11.9 Å². The minimum absolute atomic E-state index is 0.279. The second-order valence-corrected chi connectivity index (χ2v) is 4.25. The van der Waals surface area contributed by atoms with E-state index in [-0.39, 0.29) is 12.4 Å². The Morgan fingerprint density at radius 2 is 1.95 bits per heavy atom. The summed E-state index contributed by atoms with van der Waals surface area (Å²) in [4.78, 5) is 12.1. The van der Waals surface area contributed by atoms with Crippen molar-refractivity contribution in [3.05, 3.63) is 66.0 Å². The van der Waals surface area contributed by atoms with Crippen LogP contribution in [0.3, 0.4) is 0 Å². The van der Waals surface area contributed by atoms with Gasteiger partial charge in [-0.3, -0.25) is 0 Å². The molecule has 0 aliphatic carbocycles. The van der Waals surface area contributed by atoms with Gasteiger partial charge in [-0.1, -0.05) is 30.3 Å². The van der Waals surface area contributed by atoms with E-state index in [0.29, 0.717) is 5.56 Å². The Bertz CT molecular complexity index is 572. The molecule has 3 nitrogen and oxygen atoms in total. The third-order valence-corrected chi connectivity index (χ3v) is 2.79. The quantitative estimate of drug-likeness (QED) is 0.847. The van der Waals surface area contributed by atoms with Gasteiger partial charge in [0.1, 0.15) is 5.82 Å². The smallest absolute Gasteiger partial charge is 0.333 e. The van der Waals surface area contributed by atoms with E-state index >= 15 is 0 Å². The van der Waals surface area contributed by atoms with Gasteiger partial charge in [0.2, 0.25) is 0 Å². The number of hydrogen-bond acceptors (Lipinski definition) is 3. The Kier molecular flexibility index (Phi) is 4.71. The lowest BCUT2D eigenvalue weighted by Crippen LogP contribution is -2.23. The van der Waals surface area contributed by atoms with E-state index in [1.165, 1.54) is 12.1 Å². The first-order valence-corrected chi connectivity index (χ1v) is 6.44. The number of ether oxygens (including phenoxy) is 1. The Labute approximate surface area is 117 Å². The van der Waals surface area contributed by atoms with Crippen molar-refractivity contribution in [2.45, 2.75) is 13.0 Å². The van der Waals surface area contributed by atoms with Crippen LogP contribution in [0.1, 0.15) is 18.5 Å². The molecule has 0 saturated carbocycles. The molecule has 2 aromatic rings. The van der Waals surface area contributed by atoms with Crippen molar-refractivity contribution in [3.63, 3.8) is 0 Å². The van der Waals surface area contributed by atoms with Crippen molar-refractivity contribution in [3.8, 4) is 0 Å². The number of carbonyl (C=O) groups excluding carboxylic acids is 1. The van der Waals surface area contributed by atoms with Crippen LogP contribution in [-0.4, -0.2) is 12.6 Å². The maximum atomic E-state index is 13.3. The molecular formula is C16H16FNO2. The van der Waals surface area contributed by atoms with Gasteiger partial charge in [0.25, 0.3) is 0 Å². The lowest BCUT2D eigenvalue weighted by Gasteiger charge is -2.18. The van der Waals surface area contributed by atoms with E-state index < -0.39 is 12.0 Å². The summed E-state index contributed by atoms with van der Waals surface area (Å²) in [6, 6.07) is 14.5. The molecule has 0 aliphatic rings. The summed E-state index contributed by atoms with van der Waals surface area (Å²) in [6.45, 7) is 2.02. The number of esters is 1. The number of para-hydroxylation sites is 1. The standard InChI is InChI=1S/C16H16FNO2/c1-2-20-16(19)15(12-7-6-8-13(17)11-12)18-14-9-4-3-5-10-14/h3-11,15,18H,2H2,1H3. The highest BCUT2D eigenvalue weighted by Gasteiger charge is 2.22. The number of rotatable bonds is 5. The molecule has 0 radical (unpaired) electrons. The van der Waals surface area contributed by atoms with E-state index in [0.717, 1.165) is 5.69 Å². The number of carbonyl (C=O) groups is 1. The fraction of sp³-hybridized carbons (Fsp3) is 0.188. The molecule has 0 bridgehead atoms. The molecule has 0 spiro atoms. The molecule has 2 aromatic carbocycles. The van der Waals surface area contributed by atoms with Gasteiger partial charge in [0, 0.05) is 5.69 Å². The third-order valence-electron chi connectivity index (χ3n) is 2.79. The maximum Gasteiger partial charge on any atom is 0.333 e. The zero-order valence-corrected chi connectivity index (χ0v) is 11.2. The first kappa shape index (κ1) is 14.1. The lowest BCUT2D eigenvalue weighted by atomic mass is 10.1. The zero-order valence-electron chi connectivity index (χ0n) is 11.2. The van der Waals surface area contributed by atoms with E-state index in [9.17, 15) is 9.18 Å². The summed E-state index contributed by atoms with van der Waals surface area (Å²) >= 11 is 0. The number of halogens is 1. The number of nitrogens with one attached hydrogen (secondary N) is 1. The van der Waals surface area contributed by atoms with Crippen LogP contribution in [0.2, 0.25) is 0 Å². The predicted octanol–water partition coefficient (Wildman–Crippen LogP) is 3.54. The van der Waals surface area contributed by atoms with E-state index in [2.05, 4.69) is 5.32 Å². The van der Waals surface area contributed by atoms with Crippen LogP contribution in [0.25, 0.3) is 0 Å². The molecular weight excluding hydrogens is 257 g/mol. The fourth-order valence-corrected chi connectivity index (χ4v) is 1.89. The molecule has 4 heteroatoms. The van der Waals surface area contributed by atoms with Crippen molar-refractivity contribution < 1.29 is 13.9 Å². The number of hydrogen-bond donors (Lipinski definition) is 1. The monoisotopic (exact) mass is 273 g/mol. The van der Waals surface area contributed by atoms with Gasteiger partial charge in [0.15, 0.2) is 6.04 Å². The molecule has 2 rings (SSSR count). The van der Waals surface area contributed by atoms with Crippen molar-refractivity contribution in [1.82, 2.24) is 0 Å². The third kappa shape index (κ3) is 3.57. The van der Waals surface area contributed by atoms with E-state index in [4.69, 9.17) is 4.74 Å². The predicted molar refractivity (Wildman–Crippen MR) is 75.8 cm³/mol. The van der Waals surface area contributed by atoms with Crippen LogP contribution in [0.15, 0.2) is 54.6 Å². The Morgan fingerprint density at radius 3 is 2.60 bits per heavy atom. The maximum absolute atomic E-state index is 13.3. The van der Waals surface area contributed by atoms with Crippen LogP contribution in [0, 0.1) is 5.82 Å². The number of benzene rings is 2. The fourth-order valence-electron chi connectivity index (χ4n) is 1.89. The SMILES string of the molecule is CCOC(=O)C(Nc1ccccc1)c1cccc(F)c1. The Balaban J connectivity index is 2.27. The van der Waals surface area contributed by atoms with Gasteiger partial charge in [-0.25, -0.2) is 9.18 Å². The molecule has 0 saturated heterocycles. The van der Waals surface area contributed by atoms with E-state index in [1.807, 2.05) is 30.3 Å². The molecule has 0 fully saturated rings. The van der Waals surface area contributed by atoms with Crippen LogP contribution in [0.5, 0.6) is 0 Å². The van der Waals surface area contributed by atoms with Crippen molar-refractivity contribution >= 4 is 11.7 Å². The summed E-state index contributed by atoms with van der Waals surface area (Å²) in [5.74, 6) is -0.811. The Hall–Kier alpha value is -2.36. The van der Waals surface area contributed by atoms with Crippen LogP contribution < -0.4 is 5.32 Å². The van der Waals surface area contributed by atoms with Crippen molar-refractivity contribution in [2.24, 2.45) is 0 Å². The first-order chi connectivity index (χ1) is 9.70. The summed E-state index contributed by atoms with van der Waals surface area (Å²) in [5.41, 5.74) is 1.31. The Morgan fingerprint density at radius 1 is 1.20 bits per heavy atom. The molecule has 1 N–H and O–H groups in total. The number of anilines is 1. The van der Waals surface area contributed by atoms with Crippen LogP contribution >= 0.6 is 0 Å². The molecule has 0 heterocycles. The van der Waals surface area contributed by atoms with Crippen LogP contribution in [0.4, 0.5) is 10.1 Å². The van der Waals surface area contributed by atoms with Gasteiger partial charge < -0.3 is 10.1 Å². The molecule has 1 unspecified atom stereocenters. The van der Waals surface area contributed by atoms with Gasteiger partial charge in [-0.2, -0.15) is 0 Å². The van der Waals surface area contributed by atoms with Gasteiger partial charge in [-0.05, 0) is 36.8 Å². The lowest BCUT2D eigenvalue weighted by molar-refractivity contribution is -0.144. The molecule has 104 valence electrons. The average Bonchev–Trinajstić information content (AvgIpc) is 2.46. The van der Waals surface area contributed by atoms with Gasteiger partial charge in [-0.15, -0.1) is 0 Å². The summed E-state index contributed by atoms with van der Waals surface area (Å²) in [6.07, 6.45) is 0. The zero-order chi connectivity index (χ0) is 14.4. The molecule has 20 heavy (non-hydrogen) atoms. The average molecular weight is 273 g/mol. The largest absolute Gasteiger partial charge is 0.464 e. The van der Waals surface area contributed by atoms with Gasteiger partial charge >= 0.3 is 5.97 Å². The minimum atomic E-state index is -0.729. The molecule has 0 aromatic heterocycles. The highest BCUT2D eigenvalue weighted by atomic mass is 19.1. The first-order valence-electron chi connectivity index (χ1n) is 6.44. The highest BCUT2D eigenvalue weighted by molar-refractivity contribution is 5.81. The minimum Gasteiger partial charge on any atom is -0.464 e. The summed E-state index contributed by atoms with van der Waals surface area (Å²) in [7, 11) is 0. The summed E-state index contributed by atoms with van der Waals surface area (Å²) < 4.78 is 18.4. The molecule has 1 atom stereocenters. The second-order valence-electron chi connectivity index (χ2n) is 4.25. The molecule has 0 amide bonds. The topological polar surface area (TPSA) is 38.3 Å². The van der Waals surface area contributed by atoms with Crippen molar-refractivity contribution in [1.29, 1.82) is 0 Å². The van der Waals surface area contributed by atoms with E-state index in [1.54, 1.807) is 19.1 Å².